The van der Waals surface area contributed by atoms with Crippen molar-refractivity contribution < 1.29 is 9.18 Å². The number of likely N-dealkylation sites (tertiary alicyclic amines) is 1. The number of benzene rings is 1. The zero-order chi connectivity index (χ0) is 22.1. The molecule has 5 rings (SSSR count). The van der Waals surface area contributed by atoms with Crippen molar-refractivity contribution in [3.05, 3.63) is 72.6 Å². The van der Waals surface area contributed by atoms with E-state index in [1.165, 1.54) is 12.1 Å². The summed E-state index contributed by atoms with van der Waals surface area (Å²) in [6, 6.07) is 10.8. The molecule has 4 heterocycles. The number of pyridine rings is 1. The van der Waals surface area contributed by atoms with Crippen molar-refractivity contribution in [2.45, 2.75) is 38.8 Å². The second kappa shape index (κ2) is 8.57. The fourth-order valence-corrected chi connectivity index (χ4v) is 4.74. The summed E-state index contributed by atoms with van der Waals surface area (Å²) in [7, 11) is 0. The van der Waals surface area contributed by atoms with Crippen molar-refractivity contribution in [2.24, 2.45) is 5.92 Å². The lowest BCUT2D eigenvalue weighted by Crippen LogP contribution is -2.34. The molecule has 1 saturated heterocycles. The molecule has 1 aliphatic rings. The maximum atomic E-state index is 13.1. The van der Waals surface area contributed by atoms with E-state index in [1.807, 2.05) is 17.3 Å². The summed E-state index contributed by atoms with van der Waals surface area (Å²) in [5, 5.41) is 7.97. The van der Waals surface area contributed by atoms with Gasteiger partial charge in [-0.3, -0.25) is 14.9 Å². The highest BCUT2D eigenvalue weighted by Crippen LogP contribution is 2.28. The first-order valence-corrected chi connectivity index (χ1v) is 11.0. The standard InChI is InChI=1S/C25H26FN5O/c1-17-10-19(16-31(17)25(32)7-4-18-2-5-22(26)6-3-18)15-30-9-8-20-11-23(27-14-24(20)30)21-12-28-29-13-21/h2-3,5-6,8-9,11-14,17,19H,4,7,10,15-16H2,1H3,(H,28,29)/t17-,19+/m0/s1. The first-order valence-electron chi connectivity index (χ1n) is 11.0. The van der Waals surface area contributed by atoms with Crippen LogP contribution in [-0.4, -0.2) is 43.1 Å². The van der Waals surface area contributed by atoms with Gasteiger partial charge in [0.05, 0.1) is 23.6 Å². The van der Waals surface area contributed by atoms with Crippen LogP contribution in [0.1, 0.15) is 25.3 Å². The van der Waals surface area contributed by atoms with Crippen LogP contribution in [0.4, 0.5) is 4.39 Å². The second-order valence-corrected chi connectivity index (χ2v) is 8.71. The van der Waals surface area contributed by atoms with E-state index in [-0.39, 0.29) is 17.8 Å². The summed E-state index contributed by atoms with van der Waals surface area (Å²) in [6.07, 6.45) is 9.72. The Kier molecular flexibility index (Phi) is 5.47. The van der Waals surface area contributed by atoms with E-state index in [2.05, 4.69) is 45.0 Å². The number of hydrogen-bond donors (Lipinski definition) is 1. The van der Waals surface area contributed by atoms with E-state index >= 15 is 0 Å². The molecule has 6 nitrogen and oxygen atoms in total. The fraction of sp³-hybridized carbons (Fsp3) is 0.320. The highest BCUT2D eigenvalue weighted by molar-refractivity contribution is 5.83. The molecule has 2 atom stereocenters. The molecule has 164 valence electrons. The first kappa shape index (κ1) is 20.4. The summed E-state index contributed by atoms with van der Waals surface area (Å²) in [5.74, 6) is 0.332. The third-order valence-corrected chi connectivity index (χ3v) is 6.43. The topological polar surface area (TPSA) is 66.8 Å². The smallest absolute Gasteiger partial charge is 0.223 e. The van der Waals surface area contributed by atoms with E-state index in [4.69, 9.17) is 0 Å². The zero-order valence-electron chi connectivity index (χ0n) is 18.0. The highest BCUT2D eigenvalue weighted by atomic mass is 19.1. The van der Waals surface area contributed by atoms with Crippen LogP contribution in [0.2, 0.25) is 0 Å². The Morgan fingerprint density at radius 2 is 2.06 bits per heavy atom. The molecular formula is C25H26FN5O. The minimum atomic E-state index is -0.249. The van der Waals surface area contributed by atoms with E-state index in [0.717, 1.165) is 47.2 Å². The lowest BCUT2D eigenvalue weighted by atomic mass is 10.1. The third kappa shape index (κ3) is 4.15. The largest absolute Gasteiger partial charge is 0.346 e. The van der Waals surface area contributed by atoms with Gasteiger partial charge in [0.15, 0.2) is 0 Å². The van der Waals surface area contributed by atoms with Crippen molar-refractivity contribution >= 4 is 16.8 Å². The number of nitrogens with one attached hydrogen (secondary N) is 1. The van der Waals surface area contributed by atoms with Crippen LogP contribution in [0.3, 0.4) is 0 Å². The molecule has 1 aromatic carbocycles. The van der Waals surface area contributed by atoms with E-state index in [9.17, 15) is 9.18 Å². The maximum absolute atomic E-state index is 13.1. The molecule has 0 bridgehead atoms. The molecule has 1 N–H and O–H groups in total. The van der Waals surface area contributed by atoms with Crippen LogP contribution in [0.15, 0.2) is 61.2 Å². The normalized spacial score (nSPS) is 18.5. The molecule has 3 aromatic heterocycles. The number of halogens is 1. The van der Waals surface area contributed by atoms with Gasteiger partial charge in [0.1, 0.15) is 5.82 Å². The number of amides is 1. The van der Waals surface area contributed by atoms with E-state index < -0.39 is 0 Å². The Morgan fingerprint density at radius 3 is 2.84 bits per heavy atom. The van der Waals surface area contributed by atoms with Crippen LogP contribution >= 0.6 is 0 Å². The number of aromatic nitrogens is 4. The molecule has 0 saturated carbocycles. The van der Waals surface area contributed by atoms with Gasteiger partial charge in [-0.05, 0) is 55.5 Å². The lowest BCUT2D eigenvalue weighted by molar-refractivity contribution is -0.131. The van der Waals surface area contributed by atoms with Gasteiger partial charge in [-0.15, -0.1) is 0 Å². The van der Waals surface area contributed by atoms with Gasteiger partial charge in [0.2, 0.25) is 5.91 Å². The monoisotopic (exact) mass is 431 g/mol. The van der Waals surface area contributed by atoms with Crippen LogP contribution < -0.4 is 0 Å². The lowest BCUT2D eigenvalue weighted by Gasteiger charge is -2.21. The molecule has 0 spiro atoms. The minimum absolute atomic E-state index is 0.174. The van der Waals surface area contributed by atoms with Crippen LogP contribution in [0.5, 0.6) is 0 Å². The Labute approximate surface area is 186 Å². The van der Waals surface area contributed by atoms with Crippen molar-refractivity contribution in [3.8, 4) is 11.3 Å². The number of rotatable bonds is 6. The average Bonchev–Trinajstić information content (AvgIpc) is 3.54. The van der Waals surface area contributed by atoms with Gasteiger partial charge in [-0.25, -0.2) is 4.39 Å². The fourth-order valence-electron chi connectivity index (χ4n) is 4.74. The molecule has 32 heavy (non-hydrogen) atoms. The average molecular weight is 432 g/mol. The summed E-state index contributed by atoms with van der Waals surface area (Å²) in [4.78, 5) is 19.4. The Balaban J connectivity index is 1.22. The minimum Gasteiger partial charge on any atom is -0.346 e. The number of nitrogens with zero attached hydrogens (tertiary/aromatic N) is 4. The van der Waals surface area contributed by atoms with Gasteiger partial charge < -0.3 is 9.47 Å². The number of H-pyrrole nitrogens is 1. The van der Waals surface area contributed by atoms with Crippen molar-refractivity contribution in [3.63, 3.8) is 0 Å². The Morgan fingerprint density at radius 1 is 1.22 bits per heavy atom. The van der Waals surface area contributed by atoms with Crippen molar-refractivity contribution in [1.82, 2.24) is 24.6 Å². The zero-order valence-corrected chi connectivity index (χ0v) is 18.0. The quantitative estimate of drug-likeness (QED) is 0.491. The van der Waals surface area contributed by atoms with Gasteiger partial charge in [-0.2, -0.15) is 5.10 Å². The van der Waals surface area contributed by atoms with Gasteiger partial charge in [-0.1, -0.05) is 12.1 Å². The van der Waals surface area contributed by atoms with Crippen molar-refractivity contribution in [2.75, 3.05) is 6.54 Å². The number of carbonyl (C=O) groups is 1. The van der Waals surface area contributed by atoms with Gasteiger partial charge in [0, 0.05) is 48.9 Å². The maximum Gasteiger partial charge on any atom is 0.223 e. The second-order valence-electron chi connectivity index (χ2n) is 8.71. The van der Waals surface area contributed by atoms with E-state index in [0.29, 0.717) is 18.8 Å². The predicted octanol–water partition coefficient (Wildman–Crippen LogP) is 4.44. The molecule has 4 aromatic rings. The molecule has 1 amide bonds. The number of aryl methyl sites for hydroxylation is 1. The molecular weight excluding hydrogens is 405 g/mol. The number of carbonyl (C=O) groups excluding carboxylic acids is 1. The van der Waals surface area contributed by atoms with Gasteiger partial charge >= 0.3 is 0 Å². The van der Waals surface area contributed by atoms with Crippen LogP contribution in [0.25, 0.3) is 22.2 Å². The number of hydrogen-bond acceptors (Lipinski definition) is 3. The van der Waals surface area contributed by atoms with Crippen LogP contribution in [-0.2, 0) is 17.8 Å². The highest BCUT2D eigenvalue weighted by Gasteiger charge is 2.32. The molecule has 1 aliphatic heterocycles. The molecule has 0 aliphatic carbocycles. The summed E-state index contributed by atoms with van der Waals surface area (Å²) in [5.41, 5.74) is 3.96. The molecule has 0 radical (unpaired) electrons. The number of aromatic amines is 1. The SMILES string of the molecule is C[C@H]1C[C@H](Cn2ccc3cc(-c4cn[nH]c4)ncc32)CN1C(=O)CCc1ccc(F)cc1. The van der Waals surface area contributed by atoms with Crippen molar-refractivity contribution in [1.29, 1.82) is 0 Å². The number of fused-ring (bicyclic) bond motifs is 1. The summed E-state index contributed by atoms with van der Waals surface area (Å²) >= 11 is 0. The Bertz CT molecular complexity index is 1220. The first-order chi connectivity index (χ1) is 15.6. The van der Waals surface area contributed by atoms with Gasteiger partial charge in [0.25, 0.3) is 0 Å². The molecule has 7 heteroatoms. The molecule has 0 unspecified atom stereocenters. The van der Waals surface area contributed by atoms with E-state index in [1.54, 1.807) is 18.3 Å². The Hall–Kier alpha value is -3.48. The van der Waals surface area contributed by atoms with Crippen LogP contribution in [0, 0.1) is 11.7 Å². The summed E-state index contributed by atoms with van der Waals surface area (Å²) in [6.45, 7) is 3.76. The summed E-state index contributed by atoms with van der Waals surface area (Å²) < 4.78 is 15.3. The molecule has 1 fully saturated rings. The predicted molar refractivity (Wildman–Crippen MR) is 121 cm³/mol. The third-order valence-electron chi connectivity index (χ3n) is 6.43.